The second-order valence-electron chi connectivity index (χ2n) is 15.0. The molecule has 13 nitrogen and oxygen atoms in total. The highest BCUT2D eigenvalue weighted by atomic mass is 19.4. The van der Waals surface area contributed by atoms with Crippen molar-refractivity contribution in [2.45, 2.75) is 76.6 Å². The summed E-state index contributed by atoms with van der Waals surface area (Å²) in [5.74, 6) is -0.0556. The molecule has 5 amide bonds. The first-order valence-electron chi connectivity index (χ1n) is 19.0. The summed E-state index contributed by atoms with van der Waals surface area (Å²) in [5.41, 5.74) is 2.46. The van der Waals surface area contributed by atoms with Crippen LogP contribution in [-0.2, 0) is 22.3 Å². The summed E-state index contributed by atoms with van der Waals surface area (Å²) in [4.78, 5) is 64.0. The molecule has 2 N–H and O–H groups in total. The van der Waals surface area contributed by atoms with Crippen LogP contribution in [0.25, 0.3) is 5.65 Å². The number of pyridine rings is 2. The topological polar surface area (TPSA) is 141 Å². The maximum absolute atomic E-state index is 13.3. The SMILES string of the molecule is CC(C)Oc1cc2nc(C3CCN(CC(=O)N4CCC(c5ccc(CN6CCC(=O)NC6=O)cc5)CC4)CC3)cn2cc1NC(=O)c1cccc(C(F)(F)F)n1. The molecule has 16 heteroatoms. The number of fused-ring (bicyclic) bond motifs is 1. The van der Waals surface area contributed by atoms with Gasteiger partial charge in [0.25, 0.3) is 5.91 Å². The van der Waals surface area contributed by atoms with Gasteiger partial charge < -0.3 is 24.3 Å². The first-order valence-corrected chi connectivity index (χ1v) is 19.0. The highest BCUT2D eigenvalue weighted by Gasteiger charge is 2.33. The number of imide groups is 1. The maximum Gasteiger partial charge on any atom is 0.433 e. The molecule has 56 heavy (non-hydrogen) atoms. The van der Waals surface area contributed by atoms with Crippen molar-refractivity contribution in [1.82, 2.24) is 34.4 Å². The Labute approximate surface area is 322 Å². The van der Waals surface area contributed by atoms with Crippen molar-refractivity contribution < 1.29 is 37.1 Å². The van der Waals surface area contributed by atoms with E-state index >= 15 is 0 Å². The summed E-state index contributed by atoms with van der Waals surface area (Å²) in [7, 11) is 0. The Balaban J connectivity index is 0.906. The number of imidazole rings is 1. The van der Waals surface area contributed by atoms with Crippen LogP contribution in [0.3, 0.4) is 0 Å². The van der Waals surface area contributed by atoms with Gasteiger partial charge in [-0.15, -0.1) is 0 Å². The number of carbonyl (C=O) groups is 4. The number of rotatable bonds is 10. The van der Waals surface area contributed by atoms with Gasteiger partial charge in [-0.2, -0.15) is 13.2 Å². The average Bonchev–Trinajstić information content (AvgIpc) is 3.59. The fourth-order valence-electron chi connectivity index (χ4n) is 7.59. The number of likely N-dealkylation sites (tertiary alicyclic amines) is 2. The fraction of sp³-hybridized carbons (Fsp3) is 0.450. The van der Waals surface area contributed by atoms with Crippen molar-refractivity contribution in [3.05, 3.63) is 89.1 Å². The van der Waals surface area contributed by atoms with Crippen LogP contribution in [0.4, 0.5) is 23.7 Å². The lowest BCUT2D eigenvalue weighted by molar-refractivity contribution is -0.141. The van der Waals surface area contributed by atoms with Crippen LogP contribution < -0.4 is 15.4 Å². The van der Waals surface area contributed by atoms with E-state index in [1.165, 1.54) is 11.6 Å². The van der Waals surface area contributed by atoms with Crippen LogP contribution in [0, 0.1) is 0 Å². The molecule has 3 aliphatic heterocycles. The van der Waals surface area contributed by atoms with E-state index in [9.17, 15) is 32.3 Å². The molecule has 0 radical (unpaired) electrons. The molecule has 296 valence electrons. The van der Waals surface area contributed by atoms with E-state index in [1.54, 1.807) is 21.6 Å². The van der Waals surface area contributed by atoms with Gasteiger partial charge in [-0.3, -0.25) is 24.6 Å². The van der Waals surface area contributed by atoms with Gasteiger partial charge >= 0.3 is 12.2 Å². The van der Waals surface area contributed by atoms with Gasteiger partial charge in [0.05, 0.1) is 18.3 Å². The maximum atomic E-state index is 13.3. The molecule has 3 fully saturated rings. The molecular weight excluding hydrogens is 729 g/mol. The largest absolute Gasteiger partial charge is 0.489 e. The van der Waals surface area contributed by atoms with Gasteiger partial charge in [0.2, 0.25) is 11.8 Å². The van der Waals surface area contributed by atoms with Crippen LogP contribution in [0.5, 0.6) is 5.75 Å². The van der Waals surface area contributed by atoms with Crippen molar-refractivity contribution in [1.29, 1.82) is 0 Å². The summed E-state index contributed by atoms with van der Waals surface area (Å²) >= 11 is 0. The van der Waals surface area contributed by atoms with E-state index in [4.69, 9.17) is 9.72 Å². The van der Waals surface area contributed by atoms with Crippen molar-refractivity contribution in [2.75, 3.05) is 44.6 Å². The van der Waals surface area contributed by atoms with Crippen molar-refractivity contribution >= 4 is 35.1 Å². The average molecular weight is 775 g/mol. The number of anilines is 1. The normalized spacial score (nSPS) is 17.8. The Morgan fingerprint density at radius 1 is 0.929 bits per heavy atom. The molecule has 0 saturated carbocycles. The number of nitrogens with one attached hydrogen (secondary N) is 2. The molecule has 3 saturated heterocycles. The van der Waals surface area contributed by atoms with Crippen LogP contribution in [0.15, 0.2) is 60.9 Å². The van der Waals surface area contributed by atoms with E-state index in [2.05, 4.69) is 32.7 Å². The number of piperidine rings is 2. The van der Waals surface area contributed by atoms with Gasteiger partial charge in [-0.25, -0.2) is 14.8 Å². The fourth-order valence-corrected chi connectivity index (χ4v) is 7.59. The molecular formula is C40H45F3N8O5. The summed E-state index contributed by atoms with van der Waals surface area (Å²) in [6, 6.07) is 12.8. The standard InChI is InChI=1S/C40H45F3N8O5/c1-25(2)56-33-20-35-45-31(22-51(35)23-32(33)46-38(54)30-4-3-5-34(44-30)40(41,42)43)29-10-15-48(16-11-29)24-37(53)49-17-12-28(13-18-49)27-8-6-26(7-9-27)21-50-19-14-36(52)47-39(50)55/h3-9,20,22-23,25,28-29H,10-19,21,24H2,1-2H3,(H,46,54)(H,47,52,55). The second kappa shape index (κ2) is 16.3. The van der Waals surface area contributed by atoms with Gasteiger partial charge in [0, 0.05) is 57.0 Å². The zero-order valence-electron chi connectivity index (χ0n) is 31.3. The minimum Gasteiger partial charge on any atom is -0.489 e. The Kier molecular flexibility index (Phi) is 11.3. The molecule has 4 aromatic rings. The first-order chi connectivity index (χ1) is 26.8. The molecule has 3 aliphatic rings. The van der Waals surface area contributed by atoms with Crippen LogP contribution >= 0.6 is 0 Å². The number of amides is 5. The third kappa shape index (κ3) is 9.12. The van der Waals surface area contributed by atoms with Crippen LogP contribution in [0.2, 0.25) is 0 Å². The van der Waals surface area contributed by atoms with Crippen molar-refractivity contribution in [2.24, 2.45) is 0 Å². The van der Waals surface area contributed by atoms with Gasteiger partial charge in [-0.1, -0.05) is 30.3 Å². The Morgan fingerprint density at radius 3 is 2.32 bits per heavy atom. The number of hydrogen-bond donors (Lipinski definition) is 2. The number of benzene rings is 1. The number of aromatic nitrogens is 3. The summed E-state index contributed by atoms with van der Waals surface area (Å²) in [6.07, 6.45) is 2.32. The highest BCUT2D eigenvalue weighted by Crippen LogP contribution is 2.33. The van der Waals surface area contributed by atoms with Crippen LogP contribution in [0.1, 0.15) is 90.8 Å². The third-order valence-electron chi connectivity index (χ3n) is 10.6. The predicted octanol–water partition coefficient (Wildman–Crippen LogP) is 5.82. The first kappa shape index (κ1) is 38.8. The van der Waals surface area contributed by atoms with Gasteiger partial charge in [-0.05, 0) is 81.8 Å². The molecule has 0 atom stereocenters. The van der Waals surface area contributed by atoms with E-state index in [-0.39, 0.29) is 41.2 Å². The second-order valence-corrected chi connectivity index (χ2v) is 15.0. The van der Waals surface area contributed by atoms with Crippen LogP contribution in [-0.4, -0.2) is 98.2 Å². The lowest BCUT2D eigenvalue weighted by Gasteiger charge is -2.35. The molecule has 0 unspecified atom stereocenters. The Hall–Kier alpha value is -5.51. The monoisotopic (exact) mass is 774 g/mol. The zero-order chi connectivity index (χ0) is 39.6. The van der Waals surface area contributed by atoms with E-state index in [1.807, 2.05) is 37.1 Å². The van der Waals surface area contributed by atoms with Crippen molar-refractivity contribution in [3.63, 3.8) is 0 Å². The Morgan fingerprint density at radius 2 is 1.64 bits per heavy atom. The number of alkyl halides is 3. The van der Waals surface area contributed by atoms with Gasteiger partial charge in [0.1, 0.15) is 28.5 Å². The lowest BCUT2D eigenvalue weighted by atomic mass is 9.89. The zero-order valence-corrected chi connectivity index (χ0v) is 31.3. The third-order valence-corrected chi connectivity index (χ3v) is 10.6. The molecule has 0 spiro atoms. The summed E-state index contributed by atoms with van der Waals surface area (Å²) < 4.78 is 47.4. The molecule has 3 aromatic heterocycles. The minimum atomic E-state index is -4.68. The van der Waals surface area contributed by atoms with E-state index < -0.39 is 17.8 Å². The van der Waals surface area contributed by atoms with E-state index in [0.717, 1.165) is 62.2 Å². The molecule has 6 heterocycles. The van der Waals surface area contributed by atoms with Gasteiger partial charge in [0.15, 0.2) is 0 Å². The number of urea groups is 1. The summed E-state index contributed by atoms with van der Waals surface area (Å²) in [5, 5.41) is 5.02. The number of nitrogens with zero attached hydrogens (tertiary/aromatic N) is 6. The minimum absolute atomic E-state index is 0.135. The lowest BCUT2D eigenvalue weighted by Crippen LogP contribution is -2.48. The molecule has 0 aliphatic carbocycles. The summed E-state index contributed by atoms with van der Waals surface area (Å²) in [6.45, 7) is 7.79. The number of hydrogen-bond acceptors (Lipinski definition) is 8. The number of halogens is 3. The Bertz CT molecular complexity index is 2090. The number of ether oxygens (including phenoxy) is 1. The number of carbonyl (C=O) groups excluding carboxylic acids is 4. The van der Waals surface area contributed by atoms with E-state index in [0.29, 0.717) is 56.5 Å². The predicted molar refractivity (Wildman–Crippen MR) is 200 cm³/mol. The smallest absolute Gasteiger partial charge is 0.433 e. The molecule has 7 rings (SSSR count). The molecule has 1 aromatic carbocycles. The highest BCUT2D eigenvalue weighted by molar-refractivity contribution is 6.03. The quantitative estimate of drug-likeness (QED) is 0.206. The molecule has 0 bridgehead atoms. The van der Waals surface area contributed by atoms with Crippen molar-refractivity contribution in [3.8, 4) is 5.75 Å².